The average Bonchev–Trinajstić information content (AvgIpc) is 3.23. The van der Waals surface area contributed by atoms with Gasteiger partial charge in [-0.25, -0.2) is 4.98 Å². The summed E-state index contributed by atoms with van der Waals surface area (Å²) in [6.45, 7) is 4.65. The van der Waals surface area contributed by atoms with Crippen LogP contribution in [-0.2, 0) is 0 Å². The Bertz CT molecular complexity index is 508. The van der Waals surface area contributed by atoms with E-state index in [0.717, 1.165) is 29.4 Å². The minimum absolute atomic E-state index is 0.647. The summed E-state index contributed by atoms with van der Waals surface area (Å²) in [4.78, 5) is 14.2. The third-order valence-electron chi connectivity index (χ3n) is 6.31. The van der Waals surface area contributed by atoms with Gasteiger partial charge in [-0.3, -0.25) is 9.88 Å². The monoisotopic (exact) mass is 300 g/mol. The molecule has 0 spiro atoms. The molecule has 2 heterocycles. The van der Waals surface area contributed by atoms with E-state index >= 15 is 0 Å². The summed E-state index contributed by atoms with van der Waals surface area (Å²) < 4.78 is 0. The van der Waals surface area contributed by atoms with Crippen LogP contribution in [0.3, 0.4) is 0 Å². The number of rotatable bonds is 3. The third kappa shape index (κ3) is 2.51. The molecule has 0 aromatic carbocycles. The Balaban J connectivity index is 1.46. The zero-order chi connectivity index (χ0) is 15.1. The molecule has 3 aliphatic rings. The summed E-state index contributed by atoms with van der Waals surface area (Å²) in [6, 6.07) is 1.53. The Morgan fingerprint density at radius 2 is 1.86 bits per heavy atom. The van der Waals surface area contributed by atoms with E-state index < -0.39 is 0 Å². The van der Waals surface area contributed by atoms with Crippen molar-refractivity contribution in [2.45, 2.75) is 57.5 Å². The lowest BCUT2D eigenvalue weighted by Gasteiger charge is -2.31. The van der Waals surface area contributed by atoms with Crippen LogP contribution in [0.4, 0.5) is 5.82 Å². The number of hydrogen-bond acceptors (Lipinski definition) is 4. The van der Waals surface area contributed by atoms with Crippen LogP contribution in [0.5, 0.6) is 0 Å². The van der Waals surface area contributed by atoms with Crippen LogP contribution in [0.2, 0.25) is 0 Å². The van der Waals surface area contributed by atoms with E-state index in [-0.39, 0.29) is 0 Å². The molecule has 4 nitrogen and oxygen atoms in total. The first-order chi connectivity index (χ1) is 10.7. The van der Waals surface area contributed by atoms with Crippen molar-refractivity contribution in [1.29, 1.82) is 0 Å². The highest BCUT2D eigenvalue weighted by Crippen LogP contribution is 2.43. The molecule has 4 heteroatoms. The number of likely N-dealkylation sites (tertiary alicyclic amines) is 1. The second-order valence-electron chi connectivity index (χ2n) is 7.59. The van der Waals surface area contributed by atoms with Crippen LogP contribution >= 0.6 is 0 Å². The lowest BCUT2D eigenvalue weighted by Crippen LogP contribution is -2.39. The number of anilines is 1. The minimum Gasteiger partial charge on any atom is -0.355 e. The zero-order valence-electron chi connectivity index (χ0n) is 13.9. The molecule has 0 unspecified atom stereocenters. The minimum atomic E-state index is 0.647. The second kappa shape index (κ2) is 5.80. The van der Waals surface area contributed by atoms with Crippen LogP contribution in [0.15, 0.2) is 12.4 Å². The summed E-state index contributed by atoms with van der Waals surface area (Å²) in [7, 11) is 2.21. The second-order valence-corrected chi connectivity index (χ2v) is 7.59. The average molecular weight is 300 g/mol. The fraction of sp³-hybridized carbons (Fsp3) is 0.778. The molecule has 1 aromatic rings. The molecule has 3 atom stereocenters. The lowest BCUT2D eigenvalue weighted by atomic mass is 9.97. The largest absolute Gasteiger partial charge is 0.355 e. The number of aromatic nitrogens is 2. The SMILES string of the molecule is Cc1cnc(N(C)[C@@H]2CC[C@@H]3CN(C4CCCC4)C[C@@H]32)cn1. The maximum Gasteiger partial charge on any atom is 0.147 e. The fourth-order valence-corrected chi connectivity index (χ4v) is 5.06. The zero-order valence-corrected chi connectivity index (χ0v) is 13.9. The molecular weight excluding hydrogens is 272 g/mol. The molecule has 0 N–H and O–H groups in total. The van der Waals surface area contributed by atoms with Gasteiger partial charge in [0.25, 0.3) is 0 Å². The van der Waals surface area contributed by atoms with E-state index in [0.29, 0.717) is 6.04 Å². The van der Waals surface area contributed by atoms with Gasteiger partial charge in [0, 0.05) is 32.2 Å². The Kier molecular flexibility index (Phi) is 3.81. The van der Waals surface area contributed by atoms with Gasteiger partial charge in [-0.2, -0.15) is 0 Å². The van der Waals surface area contributed by atoms with Gasteiger partial charge in [-0.15, -0.1) is 0 Å². The Labute approximate surface area is 133 Å². The molecule has 22 heavy (non-hydrogen) atoms. The topological polar surface area (TPSA) is 32.3 Å². The van der Waals surface area contributed by atoms with Crippen molar-refractivity contribution in [2.75, 3.05) is 25.0 Å². The highest BCUT2D eigenvalue weighted by atomic mass is 15.2. The molecule has 4 rings (SSSR count). The van der Waals surface area contributed by atoms with E-state index in [1.807, 2.05) is 19.3 Å². The van der Waals surface area contributed by atoms with E-state index in [9.17, 15) is 0 Å². The predicted octanol–water partition coefficient (Wildman–Crippen LogP) is 2.87. The maximum atomic E-state index is 4.58. The quantitative estimate of drug-likeness (QED) is 0.859. The Morgan fingerprint density at radius 3 is 2.59 bits per heavy atom. The molecule has 0 radical (unpaired) electrons. The first kappa shape index (κ1) is 14.4. The molecule has 2 aliphatic carbocycles. The van der Waals surface area contributed by atoms with Crippen molar-refractivity contribution < 1.29 is 0 Å². The van der Waals surface area contributed by atoms with Gasteiger partial charge in [-0.1, -0.05) is 12.8 Å². The Hall–Kier alpha value is -1.16. The van der Waals surface area contributed by atoms with E-state index in [2.05, 4.69) is 26.8 Å². The van der Waals surface area contributed by atoms with Gasteiger partial charge in [0.2, 0.25) is 0 Å². The molecule has 0 bridgehead atoms. The fourth-order valence-electron chi connectivity index (χ4n) is 5.06. The van der Waals surface area contributed by atoms with Crippen molar-refractivity contribution in [3.63, 3.8) is 0 Å². The van der Waals surface area contributed by atoms with Crippen LogP contribution in [0.25, 0.3) is 0 Å². The predicted molar refractivity (Wildman–Crippen MR) is 89.0 cm³/mol. The summed E-state index contributed by atoms with van der Waals surface area (Å²) in [6.07, 6.45) is 12.3. The van der Waals surface area contributed by atoms with Gasteiger partial charge >= 0.3 is 0 Å². The number of nitrogens with zero attached hydrogens (tertiary/aromatic N) is 4. The van der Waals surface area contributed by atoms with Crippen molar-refractivity contribution >= 4 is 5.82 Å². The van der Waals surface area contributed by atoms with E-state index in [4.69, 9.17) is 0 Å². The van der Waals surface area contributed by atoms with Crippen molar-refractivity contribution in [2.24, 2.45) is 11.8 Å². The molecule has 120 valence electrons. The molecule has 0 amide bonds. The molecule has 1 aliphatic heterocycles. The highest BCUT2D eigenvalue weighted by Gasteiger charge is 2.46. The normalized spacial score (nSPS) is 32.5. The van der Waals surface area contributed by atoms with Gasteiger partial charge in [0.1, 0.15) is 5.82 Å². The summed E-state index contributed by atoms with van der Waals surface area (Å²) >= 11 is 0. The maximum absolute atomic E-state index is 4.58. The number of fused-ring (bicyclic) bond motifs is 1. The Morgan fingerprint density at radius 1 is 1.05 bits per heavy atom. The van der Waals surface area contributed by atoms with Gasteiger partial charge in [0.05, 0.1) is 18.1 Å². The standard InChI is InChI=1S/C18H28N4/c1-13-9-20-18(10-19-13)21(2)17-8-7-14-11-22(12-16(14)17)15-5-3-4-6-15/h9-10,14-17H,3-8,11-12H2,1-2H3/t14-,16+,17-/m1/s1. The number of aryl methyl sites for hydroxylation is 1. The first-order valence-electron chi connectivity index (χ1n) is 8.98. The summed E-state index contributed by atoms with van der Waals surface area (Å²) in [5.74, 6) is 2.77. The van der Waals surface area contributed by atoms with Crippen molar-refractivity contribution in [3.8, 4) is 0 Å². The van der Waals surface area contributed by atoms with Crippen molar-refractivity contribution in [1.82, 2.24) is 14.9 Å². The van der Waals surface area contributed by atoms with Gasteiger partial charge < -0.3 is 4.90 Å². The van der Waals surface area contributed by atoms with E-state index in [1.54, 1.807) is 0 Å². The number of hydrogen-bond donors (Lipinski definition) is 0. The van der Waals surface area contributed by atoms with Crippen LogP contribution in [-0.4, -0.2) is 47.1 Å². The lowest BCUT2D eigenvalue weighted by molar-refractivity contribution is 0.224. The highest BCUT2D eigenvalue weighted by molar-refractivity contribution is 5.37. The van der Waals surface area contributed by atoms with Crippen LogP contribution < -0.4 is 4.90 Å². The molecule has 1 saturated heterocycles. The molecule has 1 aromatic heterocycles. The summed E-state index contributed by atoms with van der Waals surface area (Å²) in [5.41, 5.74) is 0.995. The van der Waals surface area contributed by atoms with E-state index in [1.165, 1.54) is 51.6 Å². The van der Waals surface area contributed by atoms with Crippen LogP contribution in [0.1, 0.15) is 44.2 Å². The van der Waals surface area contributed by atoms with Gasteiger partial charge in [-0.05, 0) is 44.4 Å². The van der Waals surface area contributed by atoms with Gasteiger partial charge in [0.15, 0.2) is 0 Å². The smallest absolute Gasteiger partial charge is 0.147 e. The molecular formula is C18H28N4. The third-order valence-corrected chi connectivity index (χ3v) is 6.31. The molecule has 3 fully saturated rings. The summed E-state index contributed by atoms with van der Waals surface area (Å²) in [5, 5.41) is 0. The molecule has 2 saturated carbocycles. The van der Waals surface area contributed by atoms with Crippen LogP contribution in [0, 0.1) is 18.8 Å². The van der Waals surface area contributed by atoms with Crippen molar-refractivity contribution in [3.05, 3.63) is 18.1 Å². The first-order valence-corrected chi connectivity index (χ1v) is 8.98.